The number of carbonyl (C=O) groups excluding carboxylic acids is 1. The molecule has 2 heterocycles. The third-order valence-corrected chi connectivity index (χ3v) is 3.33. The fraction of sp³-hybridized carbons (Fsp3) is 0.118. The van der Waals surface area contributed by atoms with Crippen LogP contribution in [0.3, 0.4) is 0 Å². The Labute approximate surface area is 132 Å². The van der Waals surface area contributed by atoms with Crippen molar-refractivity contribution >= 4 is 5.91 Å². The van der Waals surface area contributed by atoms with Gasteiger partial charge in [0, 0.05) is 11.8 Å². The van der Waals surface area contributed by atoms with Crippen LogP contribution in [0.2, 0.25) is 0 Å². The van der Waals surface area contributed by atoms with Gasteiger partial charge in [-0.2, -0.15) is 5.10 Å². The van der Waals surface area contributed by atoms with Gasteiger partial charge in [0.1, 0.15) is 5.76 Å². The molecule has 2 aromatic heterocycles. The van der Waals surface area contributed by atoms with Crippen LogP contribution in [0.5, 0.6) is 0 Å². The van der Waals surface area contributed by atoms with Gasteiger partial charge in [0.05, 0.1) is 18.5 Å². The van der Waals surface area contributed by atoms with Crippen molar-refractivity contribution in [3.8, 4) is 5.69 Å². The second-order valence-electron chi connectivity index (χ2n) is 5.01. The first kappa shape index (κ1) is 14.8. The van der Waals surface area contributed by atoms with Gasteiger partial charge in [-0.1, -0.05) is 18.2 Å². The van der Waals surface area contributed by atoms with Crippen LogP contribution < -0.4 is 10.7 Å². The minimum Gasteiger partial charge on any atom is -0.467 e. The number of benzene rings is 1. The van der Waals surface area contributed by atoms with Crippen molar-refractivity contribution in [1.82, 2.24) is 15.1 Å². The third kappa shape index (κ3) is 3.21. The lowest BCUT2D eigenvalue weighted by Crippen LogP contribution is -2.31. The molecule has 0 saturated carbocycles. The van der Waals surface area contributed by atoms with Gasteiger partial charge in [-0.15, -0.1) is 0 Å². The quantitative estimate of drug-likeness (QED) is 0.800. The fourth-order valence-corrected chi connectivity index (χ4v) is 2.20. The van der Waals surface area contributed by atoms with Gasteiger partial charge in [0.2, 0.25) is 5.43 Å². The number of aryl methyl sites for hydroxylation is 1. The molecule has 3 rings (SSSR count). The van der Waals surface area contributed by atoms with Gasteiger partial charge in [-0.05, 0) is 31.2 Å². The number of nitrogens with one attached hydrogen (secondary N) is 1. The molecule has 6 heteroatoms. The van der Waals surface area contributed by atoms with E-state index in [4.69, 9.17) is 4.42 Å². The van der Waals surface area contributed by atoms with Crippen molar-refractivity contribution in [3.05, 3.63) is 82.2 Å². The number of para-hydroxylation sites is 1. The zero-order chi connectivity index (χ0) is 16.2. The molecule has 0 unspecified atom stereocenters. The van der Waals surface area contributed by atoms with Crippen LogP contribution in [0.4, 0.5) is 0 Å². The Kier molecular flexibility index (Phi) is 4.05. The van der Waals surface area contributed by atoms with Crippen LogP contribution in [-0.4, -0.2) is 15.7 Å². The molecule has 0 aliphatic carbocycles. The number of hydrogen-bond donors (Lipinski definition) is 1. The van der Waals surface area contributed by atoms with Crippen LogP contribution in [0.25, 0.3) is 5.69 Å². The van der Waals surface area contributed by atoms with E-state index in [1.54, 1.807) is 23.7 Å². The SMILES string of the molecule is Cc1cc(=O)c(C(=O)NCc2ccco2)nn1-c1ccccc1. The molecule has 0 aliphatic heterocycles. The molecule has 0 spiro atoms. The van der Waals surface area contributed by atoms with Crippen molar-refractivity contribution in [2.24, 2.45) is 0 Å². The van der Waals surface area contributed by atoms with Gasteiger partial charge in [0.25, 0.3) is 5.91 Å². The largest absolute Gasteiger partial charge is 0.467 e. The molecule has 1 amide bonds. The molecule has 0 aliphatic rings. The van der Waals surface area contributed by atoms with Gasteiger partial charge >= 0.3 is 0 Å². The van der Waals surface area contributed by atoms with Crippen molar-refractivity contribution in [3.63, 3.8) is 0 Å². The summed E-state index contributed by atoms with van der Waals surface area (Å²) in [7, 11) is 0. The van der Waals surface area contributed by atoms with Crippen LogP contribution in [-0.2, 0) is 6.54 Å². The predicted molar refractivity (Wildman–Crippen MR) is 84.4 cm³/mol. The second-order valence-corrected chi connectivity index (χ2v) is 5.01. The lowest BCUT2D eigenvalue weighted by molar-refractivity contribution is 0.0940. The van der Waals surface area contributed by atoms with E-state index in [1.807, 2.05) is 30.3 Å². The molecule has 23 heavy (non-hydrogen) atoms. The highest BCUT2D eigenvalue weighted by Crippen LogP contribution is 2.08. The maximum atomic E-state index is 12.2. The van der Waals surface area contributed by atoms with Crippen molar-refractivity contribution < 1.29 is 9.21 Å². The first-order chi connectivity index (χ1) is 11.1. The lowest BCUT2D eigenvalue weighted by Gasteiger charge is -2.11. The Morgan fingerprint density at radius 2 is 2.00 bits per heavy atom. The Morgan fingerprint density at radius 1 is 1.22 bits per heavy atom. The maximum Gasteiger partial charge on any atom is 0.276 e. The van der Waals surface area contributed by atoms with E-state index in [9.17, 15) is 9.59 Å². The van der Waals surface area contributed by atoms with E-state index in [0.29, 0.717) is 11.5 Å². The molecular weight excluding hydrogens is 294 g/mol. The number of rotatable bonds is 4. The van der Waals surface area contributed by atoms with Crippen LogP contribution in [0.1, 0.15) is 21.9 Å². The summed E-state index contributed by atoms with van der Waals surface area (Å²) in [6.45, 7) is 1.97. The molecule has 116 valence electrons. The van der Waals surface area contributed by atoms with Gasteiger partial charge in [-0.3, -0.25) is 9.59 Å². The normalized spacial score (nSPS) is 10.5. The van der Waals surface area contributed by atoms with E-state index in [2.05, 4.69) is 10.4 Å². The summed E-state index contributed by atoms with van der Waals surface area (Å²) in [6, 6.07) is 14.2. The highest BCUT2D eigenvalue weighted by Gasteiger charge is 2.15. The molecule has 0 fully saturated rings. The van der Waals surface area contributed by atoms with E-state index < -0.39 is 11.3 Å². The molecule has 1 aromatic carbocycles. The minimum absolute atomic E-state index is 0.147. The first-order valence-electron chi connectivity index (χ1n) is 7.12. The number of carbonyl (C=O) groups is 1. The molecule has 0 saturated heterocycles. The molecule has 0 radical (unpaired) electrons. The molecule has 1 N–H and O–H groups in total. The summed E-state index contributed by atoms with van der Waals surface area (Å²) >= 11 is 0. The number of hydrogen-bond acceptors (Lipinski definition) is 4. The molecule has 3 aromatic rings. The molecule has 6 nitrogen and oxygen atoms in total. The molecule has 0 atom stereocenters. The summed E-state index contributed by atoms with van der Waals surface area (Å²) in [4.78, 5) is 24.3. The maximum absolute atomic E-state index is 12.2. The smallest absolute Gasteiger partial charge is 0.276 e. The first-order valence-corrected chi connectivity index (χ1v) is 7.12. The second kappa shape index (κ2) is 6.31. The minimum atomic E-state index is -0.531. The predicted octanol–water partition coefficient (Wildman–Crippen LogP) is 2.06. The van der Waals surface area contributed by atoms with Crippen molar-refractivity contribution in [1.29, 1.82) is 0 Å². The summed E-state index contributed by atoms with van der Waals surface area (Å²) in [6.07, 6.45) is 1.52. The number of nitrogens with zero attached hydrogens (tertiary/aromatic N) is 2. The third-order valence-electron chi connectivity index (χ3n) is 3.33. The van der Waals surface area contributed by atoms with Crippen LogP contribution >= 0.6 is 0 Å². The van der Waals surface area contributed by atoms with Gasteiger partial charge < -0.3 is 9.73 Å². The highest BCUT2D eigenvalue weighted by atomic mass is 16.3. The van der Waals surface area contributed by atoms with Crippen molar-refractivity contribution in [2.45, 2.75) is 13.5 Å². The zero-order valence-electron chi connectivity index (χ0n) is 12.5. The zero-order valence-corrected chi connectivity index (χ0v) is 12.5. The van der Waals surface area contributed by atoms with Crippen LogP contribution in [0.15, 0.2) is 64.0 Å². The highest BCUT2D eigenvalue weighted by molar-refractivity contribution is 5.91. The Bertz CT molecular complexity index is 868. The van der Waals surface area contributed by atoms with Gasteiger partial charge in [0.15, 0.2) is 5.69 Å². The summed E-state index contributed by atoms with van der Waals surface area (Å²) in [5.74, 6) is 0.0740. The monoisotopic (exact) mass is 309 g/mol. The molecular formula is C17H15N3O3. The topological polar surface area (TPSA) is 77.1 Å². The molecule has 0 bridgehead atoms. The number of amides is 1. The van der Waals surface area contributed by atoms with E-state index in [-0.39, 0.29) is 12.2 Å². The number of aromatic nitrogens is 2. The van der Waals surface area contributed by atoms with Gasteiger partial charge in [-0.25, -0.2) is 4.68 Å². The van der Waals surface area contributed by atoms with E-state index in [0.717, 1.165) is 5.69 Å². The van der Waals surface area contributed by atoms with E-state index >= 15 is 0 Å². The lowest BCUT2D eigenvalue weighted by atomic mass is 10.2. The van der Waals surface area contributed by atoms with E-state index in [1.165, 1.54) is 12.3 Å². The van der Waals surface area contributed by atoms with Crippen molar-refractivity contribution in [2.75, 3.05) is 0 Å². The summed E-state index contributed by atoms with van der Waals surface area (Å²) in [5, 5.41) is 6.84. The Hall–Kier alpha value is -3.15. The Balaban J connectivity index is 1.90. The summed E-state index contributed by atoms with van der Waals surface area (Å²) in [5.41, 5.74) is 0.881. The average molecular weight is 309 g/mol. The Morgan fingerprint density at radius 3 is 2.70 bits per heavy atom. The number of furan rings is 1. The average Bonchev–Trinajstić information content (AvgIpc) is 3.07. The standard InChI is InChI=1S/C17H15N3O3/c1-12-10-15(21)16(17(22)18-11-14-8-5-9-23-14)19-20(12)13-6-3-2-4-7-13/h2-10H,11H2,1H3,(H,18,22). The van der Waals surface area contributed by atoms with Crippen LogP contribution in [0, 0.1) is 6.92 Å². The summed E-state index contributed by atoms with van der Waals surface area (Å²) < 4.78 is 6.72. The fourth-order valence-electron chi connectivity index (χ4n) is 2.20.